The fraction of sp³-hybridized carbons (Fsp3) is 0.700. The molecule has 0 aromatic carbocycles. The summed E-state index contributed by atoms with van der Waals surface area (Å²) in [4.78, 5) is 19.8. The van der Waals surface area contributed by atoms with Gasteiger partial charge in [-0.2, -0.15) is 4.89 Å². The standard InChI is InChI=1S/C10H18O5/c1-8(2)10(13)15-14-6-4-3-5-9(12)7-11/h9,11-12H,1,3-7H2,2H3. The van der Waals surface area contributed by atoms with Crippen LogP contribution in [0.2, 0.25) is 0 Å². The molecule has 0 amide bonds. The Morgan fingerprint density at radius 1 is 1.47 bits per heavy atom. The van der Waals surface area contributed by atoms with Crippen LogP contribution in [0.15, 0.2) is 12.2 Å². The molecule has 88 valence electrons. The van der Waals surface area contributed by atoms with E-state index in [4.69, 9.17) is 10.2 Å². The van der Waals surface area contributed by atoms with E-state index < -0.39 is 12.1 Å². The molecule has 0 rings (SSSR count). The van der Waals surface area contributed by atoms with Crippen molar-refractivity contribution in [3.8, 4) is 0 Å². The third kappa shape index (κ3) is 8.11. The maximum absolute atomic E-state index is 10.8. The Labute approximate surface area is 89.2 Å². The minimum Gasteiger partial charge on any atom is -0.394 e. The number of carbonyl (C=O) groups excluding carboxylic acids is 1. The molecule has 0 bridgehead atoms. The van der Waals surface area contributed by atoms with Crippen LogP contribution in [-0.4, -0.2) is 35.5 Å². The molecule has 5 nitrogen and oxygen atoms in total. The van der Waals surface area contributed by atoms with E-state index >= 15 is 0 Å². The number of carbonyl (C=O) groups is 1. The van der Waals surface area contributed by atoms with Crippen molar-refractivity contribution in [1.82, 2.24) is 0 Å². The van der Waals surface area contributed by atoms with Crippen molar-refractivity contribution in [1.29, 1.82) is 0 Å². The minimum atomic E-state index is -0.678. The summed E-state index contributed by atoms with van der Waals surface area (Å²) in [5.74, 6) is -0.578. The zero-order valence-corrected chi connectivity index (χ0v) is 8.94. The van der Waals surface area contributed by atoms with E-state index in [0.29, 0.717) is 19.3 Å². The molecule has 1 unspecified atom stereocenters. The monoisotopic (exact) mass is 218 g/mol. The number of rotatable bonds is 8. The molecule has 2 N–H and O–H groups in total. The third-order valence-electron chi connectivity index (χ3n) is 1.71. The summed E-state index contributed by atoms with van der Waals surface area (Å²) in [5, 5.41) is 17.5. The van der Waals surface area contributed by atoms with Gasteiger partial charge in [-0.3, -0.25) is 4.89 Å². The molecule has 0 aliphatic heterocycles. The maximum Gasteiger partial charge on any atom is 0.368 e. The lowest BCUT2D eigenvalue weighted by molar-refractivity contribution is -0.268. The molecule has 0 fully saturated rings. The smallest absolute Gasteiger partial charge is 0.368 e. The predicted octanol–water partition coefficient (Wildman–Crippen LogP) is 0.561. The van der Waals surface area contributed by atoms with Crippen LogP contribution in [0, 0.1) is 0 Å². The molecule has 0 radical (unpaired) electrons. The summed E-state index contributed by atoms with van der Waals surface area (Å²) < 4.78 is 0. The quantitative estimate of drug-likeness (QED) is 0.269. The second kappa shape index (κ2) is 8.40. The van der Waals surface area contributed by atoms with Crippen molar-refractivity contribution >= 4 is 5.97 Å². The Morgan fingerprint density at radius 2 is 2.13 bits per heavy atom. The lowest BCUT2D eigenvalue weighted by atomic mass is 10.2. The van der Waals surface area contributed by atoms with E-state index in [2.05, 4.69) is 16.4 Å². The molecular formula is C10H18O5. The Kier molecular flexibility index (Phi) is 7.89. The Balaban J connectivity index is 3.25. The van der Waals surface area contributed by atoms with E-state index in [0.717, 1.165) is 0 Å². The molecule has 0 spiro atoms. The Hall–Kier alpha value is -0.910. The van der Waals surface area contributed by atoms with Crippen LogP contribution in [-0.2, 0) is 14.6 Å². The first-order chi connectivity index (χ1) is 7.07. The second-order valence-corrected chi connectivity index (χ2v) is 3.31. The molecule has 0 saturated heterocycles. The fourth-order valence-corrected chi connectivity index (χ4v) is 0.799. The van der Waals surface area contributed by atoms with Crippen LogP contribution < -0.4 is 0 Å². The number of aliphatic hydroxyl groups is 2. The second-order valence-electron chi connectivity index (χ2n) is 3.31. The average Bonchev–Trinajstić information content (AvgIpc) is 2.22. The zero-order chi connectivity index (χ0) is 11.7. The van der Waals surface area contributed by atoms with Gasteiger partial charge in [0.2, 0.25) is 0 Å². The minimum absolute atomic E-state index is 0.231. The van der Waals surface area contributed by atoms with Gasteiger partial charge < -0.3 is 10.2 Å². The Morgan fingerprint density at radius 3 is 2.67 bits per heavy atom. The van der Waals surface area contributed by atoms with Crippen molar-refractivity contribution < 1.29 is 24.8 Å². The summed E-state index contributed by atoms with van der Waals surface area (Å²) in [5.41, 5.74) is 0.283. The van der Waals surface area contributed by atoms with Gasteiger partial charge in [0.25, 0.3) is 0 Å². The first kappa shape index (κ1) is 14.1. The molecule has 0 aromatic heterocycles. The average molecular weight is 218 g/mol. The highest BCUT2D eigenvalue weighted by Gasteiger charge is 2.04. The van der Waals surface area contributed by atoms with E-state index in [1.54, 1.807) is 0 Å². The largest absolute Gasteiger partial charge is 0.394 e. The van der Waals surface area contributed by atoms with E-state index in [9.17, 15) is 4.79 Å². The fourth-order valence-electron chi connectivity index (χ4n) is 0.799. The van der Waals surface area contributed by atoms with E-state index in [1.165, 1.54) is 6.92 Å². The first-order valence-corrected chi connectivity index (χ1v) is 4.86. The molecule has 15 heavy (non-hydrogen) atoms. The van der Waals surface area contributed by atoms with Gasteiger partial charge in [-0.25, -0.2) is 4.79 Å². The van der Waals surface area contributed by atoms with Crippen molar-refractivity contribution in [2.75, 3.05) is 13.2 Å². The number of unbranched alkanes of at least 4 members (excludes halogenated alkanes) is 1. The summed E-state index contributed by atoms with van der Waals surface area (Å²) in [6, 6.07) is 0. The van der Waals surface area contributed by atoms with Gasteiger partial charge in [-0.15, -0.1) is 0 Å². The van der Waals surface area contributed by atoms with Crippen molar-refractivity contribution in [3.05, 3.63) is 12.2 Å². The van der Waals surface area contributed by atoms with E-state index in [-0.39, 0.29) is 18.8 Å². The van der Waals surface area contributed by atoms with Crippen LogP contribution in [0.5, 0.6) is 0 Å². The van der Waals surface area contributed by atoms with Crippen molar-refractivity contribution in [3.63, 3.8) is 0 Å². The maximum atomic E-state index is 10.8. The van der Waals surface area contributed by atoms with Gasteiger partial charge in [0.1, 0.15) is 0 Å². The van der Waals surface area contributed by atoms with Gasteiger partial charge >= 0.3 is 5.97 Å². The highest BCUT2D eigenvalue weighted by molar-refractivity contribution is 5.86. The third-order valence-corrected chi connectivity index (χ3v) is 1.71. The molecule has 0 aromatic rings. The molecule has 5 heteroatoms. The van der Waals surface area contributed by atoms with Crippen LogP contribution in [0.1, 0.15) is 26.2 Å². The summed E-state index contributed by atoms with van der Waals surface area (Å²) >= 11 is 0. The molecule has 0 heterocycles. The zero-order valence-electron chi connectivity index (χ0n) is 8.94. The predicted molar refractivity (Wildman–Crippen MR) is 53.8 cm³/mol. The van der Waals surface area contributed by atoms with Gasteiger partial charge in [0.15, 0.2) is 0 Å². The van der Waals surface area contributed by atoms with Crippen LogP contribution in [0.25, 0.3) is 0 Å². The Bertz CT molecular complexity index is 202. The summed E-state index contributed by atoms with van der Waals surface area (Å²) in [6.07, 6.45) is 1.18. The van der Waals surface area contributed by atoms with E-state index in [1.807, 2.05) is 0 Å². The lowest BCUT2D eigenvalue weighted by Gasteiger charge is -2.06. The number of hydrogen-bond acceptors (Lipinski definition) is 5. The molecule has 1 atom stereocenters. The van der Waals surface area contributed by atoms with Crippen LogP contribution in [0.3, 0.4) is 0 Å². The number of hydrogen-bond donors (Lipinski definition) is 2. The lowest BCUT2D eigenvalue weighted by Crippen LogP contribution is -2.12. The number of aliphatic hydroxyl groups excluding tert-OH is 2. The molecule has 0 aliphatic carbocycles. The van der Waals surface area contributed by atoms with Crippen LogP contribution in [0.4, 0.5) is 0 Å². The van der Waals surface area contributed by atoms with Gasteiger partial charge in [0.05, 0.1) is 19.3 Å². The highest BCUT2D eigenvalue weighted by atomic mass is 17.2. The molecular weight excluding hydrogens is 200 g/mol. The van der Waals surface area contributed by atoms with Gasteiger partial charge in [-0.05, 0) is 26.2 Å². The summed E-state index contributed by atoms with van der Waals surface area (Å²) in [7, 11) is 0. The normalized spacial score (nSPS) is 12.2. The topological polar surface area (TPSA) is 76.0 Å². The van der Waals surface area contributed by atoms with Crippen molar-refractivity contribution in [2.45, 2.75) is 32.3 Å². The van der Waals surface area contributed by atoms with Crippen molar-refractivity contribution in [2.24, 2.45) is 0 Å². The summed E-state index contributed by atoms with van der Waals surface area (Å²) in [6.45, 7) is 4.96. The van der Waals surface area contributed by atoms with Gasteiger partial charge in [-0.1, -0.05) is 6.58 Å². The first-order valence-electron chi connectivity index (χ1n) is 4.86. The molecule has 0 aliphatic rings. The van der Waals surface area contributed by atoms with Crippen LogP contribution >= 0.6 is 0 Å². The highest BCUT2D eigenvalue weighted by Crippen LogP contribution is 2.01. The molecule has 0 saturated carbocycles. The SMILES string of the molecule is C=C(C)C(=O)OOCCCCC(O)CO. The van der Waals surface area contributed by atoms with Gasteiger partial charge in [0, 0.05) is 5.57 Å².